The number of fused-ring (bicyclic) bond motifs is 6. The maximum Gasteiger partial charge on any atom is 0.194 e. The Morgan fingerprint density at radius 1 is 0.351 bits per heavy atom. The SMILES string of the molecule is [C-]#[N+]c1ccccc1-c1ccc2c(c1)c1ccccc1n2-c1ccc(C#N)cc1-c1cc(-c2nc(-c3ccccc3)nc(-c3ccccc3)n2)ccc1-n1c2ccccc2c2cc(-c3ccccc3C#N)ccc21. The van der Waals surface area contributed by atoms with Crippen molar-refractivity contribution in [3.63, 3.8) is 0 Å². The lowest BCUT2D eigenvalue weighted by Crippen LogP contribution is -2.04. The minimum absolute atomic E-state index is 0.496. The minimum Gasteiger partial charge on any atom is -0.309 e. The second-order valence-corrected chi connectivity index (χ2v) is 18.1. The predicted octanol–water partition coefficient (Wildman–Crippen LogP) is 16.4. The molecule has 0 fully saturated rings. The van der Waals surface area contributed by atoms with E-state index in [4.69, 9.17) is 21.5 Å². The fraction of sp³-hybridized carbons (Fsp3) is 0. The highest BCUT2D eigenvalue weighted by Gasteiger charge is 2.24. The fourth-order valence-corrected chi connectivity index (χ4v) is 10.5. The molecule has 0 aliphatic rings. The first-order chi connectivity index (χ1) is 36.6. The molecule has 0 bridgehead atoms. The van der Waals surface area contributed by atoms with E-state index < -0.39 is 0 Å². The number of nitriles is 2. The van der Waals surface area contributed by atoms with E-state index in [0.29, 0.717) is 34.3 Å². The van der Waals surface area contributed by atoms with Crippen molar-refractivity contribution in [3.8, 4) is 91.1 Å². The molecule has 0 unspecified atom stereocenters. The number of nitrogens with zero attached hydrogens (tertiary/aromatic N) is 8. The number of hydrogen-bond acceptors (Lipinski definition) is 5. The maximum absolute atomic E-state index is 10.7. The van der Waals surface area contributed by atoms with E-state index in [2.05, 4.69) is 129 Å². The van der Waals surface area contributed by atoms with Gasteiger partial charge in [-0.3, -0.25) is 0 Å². The first kappa shape index (κ1) is 43.3. The number of rotatable bonds is 8. The lowest BCUT2D eigenvalue weighted by atomic mass is 9.96. The van der Waals surface area contributed by atoms with Crippen LogP contribution in [0.15, 0.2) is 231 Å². The molecule has 0 aliphatic carbocycles. The summed E-state index contributed by atoms with van der Waals surface area (Å²) < 4.78 is 4.59. The van der Waals surface area contributed by atoms with E-state index in [1.165, 1.54) is 0 Å². The molecule has 0 radical (unpaired) electrons. The molecule has 13 aromatic rings. The molecule has 0 saturated heterocycles. The first-order valence-electron chi connectivity index (χ1n) is 24.2. The standard InChI is InChI=1S/C66H38N8/c1-69-57-25-13-10-22-50(57)46-30-34-62-55(38-46)52-24-12-14-26-58(52)73(62)60-32-28-42(40-67)36-53(60)56-39-47(66-71-64(43-16-4-2-5-17-43)70-65(72-66)44-18-6-3-7-19-44)31-35-63(56)74-59-27-15-11-23-51(59)54-37-45(29-33-61(54)74)49-21-9-8-20-48(49)41-68/h2-39H. The molecule has 0 amide bonds. The normalized spacial score (nSPS) is 11.2. The molecule has 0 aliphatic heterocycles. The van der Waals surface area contributed by atoms with Gasteiger partial charge < -0.3 is 9.13 Å². The van der Waals surface area contributed by atoms with Gasteiger partial charge in [-0.2, -0.15) is 10.5 Å². The number of benzene rings is 10. The average Bonchev–Trinajstić information content (AvgIpc) is 3.99. The second kappa shape index (κ2) is 17.9. The van der Waals surface area contributed by atoms with Gasteiger partial charge >= 0.3 is 0 Å². The van der Waals surface area contributed by atoms with Crippen LogP contribution in [0, 0.1) is 29.2 Å². The van der Waals surface area contributed by atoms with Crippen molar-refractivity contribution >= 4 is 49.3 Å². The Labute approximate surface area is 426 Å². The third-order valence-electron chi connectivity index (χ3n) is 13.9. The number of para-hydroxylation sites is 3. The zero-order chi connectivity index (χ0) is 49.7. The third-order valence-corrected chi connectivity index (χ3v) is 13.9. The van der Waals surface area contributed by atoms with E-state index in [9.17, 15) is 10.5 Å². The summed E-state index contributed by atoms with van der Waals surface area (Å²) in [6.07, 6.45) is 0. The molecular weight excluding hydrogens is 905 g/mol. The van der Waals surface area contributed by atoms with Crippen molar-refractivity contribution in [3.05, 3.63) is 253 Å². The van der Waals surface area contributed by atoms with Crippen LogP contribution in [-0.4, -0.2) is 24.1 Å². The van der Waals surface area contributed by atoms with Gasteiger partial charge in [0.25, 0.3) is 0 Å². The Morgan fingerprint density at radius 2 is 0.811 bits per heavy atom. The van der Waals surface area contributed by atoms with E-state index in [1.54, 1.807) is 0 Å². The predicted molar refractivity (Wildman–Crippen MR) is 297 cm³/mol. The Bertz CT molecular complexity index is 4470. The van der Waals surface area contributed by atoms with Crippen molar-refractivity contribution in [2.75, 3.05) is 0 Å². The van der Waals surface area contributed by atoms with Gasteiger partial charge in [-0.05, 0) is 101 Å². The highest BCUT2D eigenvalue weighted by Crippen LogP contribution is 2.44. The van der Waals surface area contributed by atoms with Crippen molar-refractivity contribution in [1.82, 2.24) is 24.1 Å². The van der Waals surface area contributed by atoms with Gasteiger partial charge in [-0.1, -0.05) is 152 Å². The minimum atomic E-state index is 0.496. The lowest BCUT2D eigenvalue weighted by Gasteiger charge is -2.20. The molecule has 0 spiro atoms. The van der Waals surface area contributed by atoms with Crippen LogP contribution in [0.5, 0.6) is 0 Å². The molecule has 0 atom stereocenters. The second-order valence-electron chi connectivity index (χ2n) is 18.1. The summed E-state index contributed by atoms with van der Waals surface area (Å²) in [6, 6.07) is 82.1. The fourth-order valence-electron chi connectivity index (χ4n) is 10.5. The highest BCUT2D eigenvalue weighted by molar-refractivity contribution is 6.13. The molecule has 342 valence electrons. The summed E-state index contributed by atoms with van der Waals surface area (Å²) in [6.45, 7) is 7.95. The van der Waals surface area contributed by atoms with Crippen LogP contribution in [0.1, 0.15) is 11.1 Å². The van der Waals surface area contributed by atoms with Crippen molar-refractivity contribution in [2.45, 2.75) is 0 Å². The summed E-state index contributed by atoms with van der Waals surface area (Å²) in [5.74, 6) is 1.59. The Kier molecular flexibility index (Phi) is 10.5. The van der Waals surface area contributed by atoms with E-state index in [-0.39, 0.29) is 0 Å². The molecular formula is C66H38N8. The van der Waals surface area contributed by atoms with Crippen molar-refractivity contribution < 1.29 is 0 Å². The van der Waals surface area contributed by atoms with Gasteiger partial charge in [0, 0.05) is 49.4 Å². The van der Waals surface area contributed by atoms with E-state index in [1.807, 2.05) is 127 Å². The van der Waals surface area contributed by atoms with E-state index in [0.717, 1.165) is 105 Å². The topological polar surface area (TPSA) is 100 Å². The van der Waals surface area contributed by atoms with Crippen LogP contribution in [0.2, 0.25) is 0 Å². The molecule has 0 saturated carbocycles. The van der Waals surface area contributed by atoms with Crippen LogP contribution in [-0.2, 0) is 0 Å². The molecule has 3 aromatic heterocycles. The molecule has 13 rings (SSSR count). The molecule has 8 nitrogen and oxygen atoms in total. The molecule has 0 N–H and O–H groups in total. The molecule has 74 heavy (non-hydrogen) atoms. The smallest absolute Gasteiger partial charge is 0.194 e. The quantitative estimate of drug-likeness (QED) is 0.141. The summed E-state index contributed by atoms with van der Waals surface area (Å²) >= 11 is 0. The van der Waals surface area contributed by atoms with Crippen molar-refractivity contribution in [2.24, 2.45) is 0 Å². The molecule has 10 aromatic carbocycles. The van der Waals surface area contributed by atoms with Gasteiger partial charge in [-0.25, -0.2) is 19.8 Å². The molecule has 3 heterocycles. The maximum atomic E-state index is 10.7. The highest BCUT2D eigenvalue weighted by atomic mass is 15.0. The average molecular weight is 943 g/mol. The third kappa shape index (κ3) is 7.25. The van der Waals surface area contributed by atoms with Gasteiger partial charge in [0.05, 0.1) is 63.3 Å². The summed E-state index contributed by atoms with van der Waals surface area (Å²) in [4.78, 5) is 19.2. The number of aromatic nitrogens is 5. The van der Waals surface area contributed by atoms with Crippen LogP contribution in [0.3, 0.4) is 0 Å². The summed E-state index contributed by atoms with van der Waals surface area (Å²) in [5.41, 5.74) is 15.1. The summed E-state index contributed by atoms with van der Waals surface area (Å²) in [5, 5.41) is 25.0. The largest absolute Gasteiger partial charge is 0.309 e. The van der Waals surface area contributed by atoms with Crippen LogP contribution in [0.25, 0.3) is 127 Å². The van der Waals surface area contributed by atoms with Gasteiger partial charge in [0.15, 0.2) is 23.2 Å². The van der Waals surface area contributed by atoms with Crippen molar-refractivity contribution in [1.29, 1.82) is 10.5 Å². The Hall–Kier alpha value is -10.7. The van der Waals surface area contributed by atoms with Gasteiger partial charge in [0.1, 0.15) is 0 Å². The molecule has 8 heteroatoms. The lowest BCUT2D eigenvalue weighted by molar-refractivity contribution is 1.07. The van der Waals surface area contributed by atoms with E-state index >= 15 is 0 Å². The zero-order valence-electron chi connectivity index (χ0n) is 39.5. The van der Waals surface area contributed by atoms with Crippen LogP contribution in [0.4, 0.5) is 5.69 Å². The Morgan fingerprint density at radius 3 is 1.39 bits per heavy atom. The first-order valence-corrected chi connectivity index (χ1v) is 24.2. The van der Waals surface area contributed by atoms with Gasteiger partial charge in [0.2, 0.25) is 0 Å². The number of hydrogen-bond donors (Lipinski definition) is 0. The van der Waals surface area contributed by atoms with Crippen LogP contribution < -0.4 is 0 Å². The Balaban J connectivity index is 1.11. The monoisotopic (exact) mass is 942 g/mol. The summed E-state index contributed by atoms with van der Waals surface area (Å²) in [7, 11) is 0. The van der Waals surface area contributed by atoms with Gasteiger partial charge in [-0.15, -0.1) is 0 Å². The van der Waals surface area contributed by atoms with Crippen LogP contribution >= 0.6 is 0 Å². The zero-order valence-corrected chi connectivity index (χ0v) is 39.5.